The van der Waals surface area contributed by atoms with Gasteiger partial charge in [-0.3, -0.25) is 4.79 Å². The number of nitrogens with one attached hydrogen (secondary N) is 1. The quantitative estimate of drug-likeness (QED) is 0.285. The average molecular weight is 462 g/mol. The van der Waals surface area contributed by atoms with E-state index < -0.39 is 5.91 Å². The normalized spacial score (nSPS) is 11.2. The molecule has 0 spiro atoms. The van der Waals surface area contributed by atoms with Gasteiger partial charge < -0.3 is 14.6 Å². The highest BCUT2D eigenvalue weighted by Gasteiger charge is 2.24. The van der Waals surface area contributed by atoms with Crippen molar-refractivity contribution < 1.29 is 14.3 Å². The maximum absolute atomic E-state index is 12.8. The third-order valence-electron chi connectivity index (χ3n) is 5.58. The van der Waals surface area contributed by atoms with Gasteiger partial charge in [0.25, 0.3) is 5.91 Å². The maximum Gasteiger partial charge on any atom is 0.341 e. The predicted molar refractivity (Wildman–Crippen MR) is 132 cm³/mol. The summed E-state index contributed by atoms with van der Waals surface area (Å²) in [4.78, 5) is 26.5. The number of para-hydroxylation sites is 1. The molecule has 3 aromatic rings. The van der Waals surface area contributed by atoms with Crippen molar-refractivity contribution in [2.45, 2.75) is 41.5 Å². The average Bonchev–Trinajstić information content (AvgIpc) is 3.21. The van der Waals surface area contributed by atoms with Crippen LogP contribution in [-0.4, -0.2) is 23.1 Å². The van der Waals surface area contributed by atoms with E-state index in [4.69, 9.17) is 4.74 Å². The lowest BCUT2D eigenvalue weighted by atomic mass is 10.1. The molecule has 2 aromatic heterocycles. The van der Waals surface area contributed by atoms with E-state index in [1.807, 2.05) is 69.5 Å². The largest absolute Gasteiger partial charge is 0.462 e. The van der Waals surface area contributed by atoms with Gasteiger partial charge in [0.1, 0.15) is 16.6 Å². The smallest absolute Gasteiger partial charge is 0.341 e. The first kappa shape index (κ1) is 24.0. The topological polar surface area (TPSA) is 84.1 Å². The molecule has 170 valence electrons. The first-order valence-corrected chi connectivity index (χ1v) is 11.5. The van der Waals surface area contributed by atoms with Crippen LogP contribution < -0.4 is 5.32 Å². The highest BCUT2D eigenvalue weighted by atomic mass is 32.1. The molecule has 33 heavy (non-hydrogen) atoms. The lowest BCUT2D eigenvalue weighted by Gasteiger charge is -2.11. The van der Waals surface area contributed by atoms with Crippen LogP contribution in [0.2, 0.25) is 0 Å². The molecule has 2 heterocycles. The third-order valence-corrected chi connectivity index (χ3v) is 6.77. The van der Waals surface area contributed by atoms with Crippen LogP contribution in [0, 0.1) is 45.9 Å². The molecule has 1 N–H and O–H groups in total. The Morgan fingerprint density at radius 1 is 1.18 bits per heavy atom. The number of rotatable bonds is 6. The van der Waals surface area contributed by atoms with Crippen LogP contribution in [0.1, 0.15) is 50.2 Å². The summed E-state index contributed by atoms with van der Waals surface area (Å²) in [6.07, 6.45) is 1.59. The van der Waals surface area contributed by atoms with E-state index in [-0.39, 0.29) is 11.5 Å². The van der Waals surface area contributed by atoms with Crippen LogP contribution >= 0.6 is 11.3 Å². The molecular weight excluding hydrogens is 434 g/mol. The van der Waals surface area contributed by atoms with E-state index in [0.717, 1.165) is 38.0 Å². The van der Waals surface area contributed by atoms with Crippen LogP contribution in [-0.2, 0) is 9.53 Å². The monoisotopic (exact) mass is 461 g/mol. The van der Waals surface area contributed by atoms with Crippen molar-refractivity contribution in [2.75, 3.05) is 11.9 Å². The van der Waals surface area contributed by atoms with Gasteiger partial charge in [-0.05, 0) is 76.4 Å². The van der Waals surface area contributed by atoms with Crippen molar-refractivity contribution in [3.05, 3.63) is 74.4 Å². The molecule has 0 aliphatic rings. The summed E-state index contributed by atoms with van der Waals surface area (Å²) in [7, 11) is 0. The van der Waals surface area contributed by atoms with Crippen molar-refractivity contribution in [3.63, 3.8) is 0 Å². The molecule has 1 aromatic carbocycles. The standard InChI is InChI=1S/C26H27N3O3S/c1-7-32-26(31)23-17(4)19(6)33-25(23)29-16(3)12-20(18(29)5)13-21(14-27)24(30)28-22-11-9-8-10-15(22)2/h8-13H,7H2,1-6H3,(H,28,30)/b21-13-. The van der Waals surface area contributed by atoms with Crippen molar-refractivity contribution in [1.82, 2.24) is 4.57 Å². The lowest BCUT2D eigenvalue weighted by Crippen LogP contribution is -2.14. The second kappa shape index (κ2) is 9.88. The lowest BCUT2D eigenvalue weighted by molar-refractivity contribution is -0.112. The fourth-order valence-corrected chi connectivity index (χ4v) is 4.92. The van der Waals surface area contributed by atoms with E-state index in [0.29, 0.717) is 17.9 Å². The molecule has 6 nitrogen and oxygen atoms in total. The van der Waals surface area contributed by atoms with Crippen LogP contribution in [0.4, 0.5) is 5.69 Å². The number of aromatic nitrogens is 1. The summed E-state index contributed by atoms with van der Waals surface area (Å²) in [6.45, 7) is 11.7. The van der Waals surface area contributed by atoms with Gasteiger partial charge in [-0.1, -0.05) is 18.2 Å². The Morgan fingerprint density at radius 3 is 2.52 bits per heavy atom. The molecule has 0 atom stereocenters. The van der Waals surface area contributed by atoms with Gasteiger partial charge in [0.15, 0.2) is 0 Å². The highest BCUT2D eigenvalue weighted by molar-refractivity contribution is 7.15. The zero-order valence-electron chi connectivity index (χ0n) is 19.7. The molecule has 1 amide bonds. The first-order valence-electron chi connectivity index (χ1n) is 10.6. The zero-order valence-corrected chi connectivity index (χ0v) is 20.5. The molecule has 0 unspecified atom stereocenters. The summed E-state index contributed by atoms with van der Waals surface area (Å²) >= 11 is 1.52. The fourth-order valence-electron chi connectivity index (χ4n) is 3.66. The summed E-state index contributed by atoms with van der Waals surface area (Å²) < 4.78 is 7.28. The number of nitrogens with zero attached hydrogens (tertiary/aromatic N) is 2. The predicted octanol–water partition coefficient (Wildman–Crippen LogP) is 5.80. The minimum Gasteiger partial charge on any atom is -0.462 e. The Kier molecular flexibility index (Phi) is 7.19. The Morgan fingerprint density at radius 2 is 1.88 bits per heavy atom. The molecule has 7 heteroatoms. The second-order valence-electron chi connectivity index (χ2n) is 7.78. The maximum atomic E-state index is 12.8. The van der Waals surface area contributed by atoms with Crippen LogP contribution in [0.25, 0.3) is 11.1 Å². The second-order valence-corrected chi connectivity index (χ2v) is 8.99. The molecule has 0 saturated carbocycles. The number of aryl methyl sites for hydroxylation is 3. The molecule has 0 aliphatic carbocycles. The van der Waals surface area contributed by atoms with E-state index in [2.05, 4.69) is 5.32 Å². The minimum atomic E-state index is -0.466. The molecule has 0 fully saturated rings. The number of anilines is 1. The number of nitriles is 1. The minimum absolute atomic E-state index is 0.00246. The number of ether oxygens (including phenoxy) is 1. The summed E-state index contributed by atoms with van der Waals surface area (Å²) in [5.74, 6) is -0.819. The first-order chi connectivity index (χ1) is 15.7. The number of benzene rings is 1. The summed E-state index contributed by atoms with van der Waals surface area (Å²) in [5.41, 5.74) is 5.49. The molecule has 0 radical (unpaired) electrons. The number of hydrogen-bond donors (Lipinski definition) is 1. The van der Waals surface area contributed by atoms with Crippen molar-refractivity contribution in [3.8, 4) is 11.1 Å². The molecular formula is C26H27N3O3S. The number of thiophene rings is 1. The van der Waals surface area contributed by atoms with E-state index in [1.165, 1.54) is 11.3 Å². The van der Waals surface area contributed by atoms with Crippen molar-refractivity contribution in [2.24, 2.45) is 0 Å². The Bertz CT molecular complexity index is 1310. The molecule has 0 saturated heterocycles. The number of esters is 1. The summed E-state index contributed by atoms with van der Waals surface area (Å²) in [6, 6.07) is 11.3. The van der Waals surface area contributed by atoms with Gasteiger partial charge in [0.05, 0.1) is 12.2 Å². The van der Waals surface area contributed by atoms with Gasteiger partial charge in [-0.15, -0.1) is 11.3 Å². The number of carbonyl (C=O) groups is 2. The van der Waals surface area contributed by atoms with Gasteiger partial charge in [0, 0.05) is 22.0 Å². The van der Waals surface area contributed by atoms with Crippen LogP contribution in [0.5, 0.6) is 0 Å². The van der Waals surface area contributed by atoms with Crippen LogP contribution in [0.15, 0.2) is 35.9 Å². The third kappa shape index (κ3) is 4.76. The van der Waals surface area contributed by atoms with E-state index >= 15 is 0 Å². The highest BCUT2D eigenvalue weighted by Crippen LogP contribution is 2.35. The number of carbonyl (C=O) groups excluding carboxylic acids is 2. The molecule has 0 bridgehead atoms. The Balaban J connectivity index is 2.04. The van der Waals surface area contributed by atoms with Gasteiger partial charge in [-0.2, -0.15) is 5.26 Å². The van der Waals surface area contributed by atoms with Crippen molar-refractivity contribution >= 4 is 35.0 Å². The zero-order chi connectivity index (χ0) is 24.3. The van der Waals surface area contributed by atoms with Crippen LogP contribution in [0.3, 0.4) is 0 Å². The number of amides is 1. The van der Waals surface area contributed by atoms with Crippen molar-refractivity contribution in [1.29, 1.82) is 5.26 Å². The summed E-state index contributed by atoms with van der Waals surface area (Å²) in [5, 5.41) is 13.2. The molecule has 3 rings (SSSR count). The van der Waals surface area contributed by atoms with Gasteiger partial charge in [0.2, 0.25) is 0 Å². The Labute approximate surface area is 198 Å². The fraction of sp³-hybridized carbons (Fsp3) is 0.269. The van der Waals surface area contributed by atoms with E-state index in [9.17, 15) is 14.9 Å². The number of hydrogen-bond acceptors (Lipinski definition) is 5. The van der Waals surface area contributed by atoms with E-state index in [1.54, 1.807) is 19.1 Å². The SMILES string of the molecule is CCOC(=O)c1c(-n2c(C)cc(/C=C(/C#N)C(=O)Nc3ccccc3C)c2C)sc(C)c1C. The molecule has 0 aliphatic heterocycles. The van der Waals surface area contributed by atoms with Gasteiger partial charge in [-0.25, -0.2) is 4.79 Å². The Hall–Kier alpha value is -3.63. The van der Waals surface area contributed by atoms with Gasteiger partial charge >= 0.3 is 5.97 Å².